The number of pyridine rings is 1. The second-order valence-corrected chi connectivity index (χ2v) is 4.35. The zero-order valence-corrected chi connectivity index (χ0v) is 9.35. The van der Waals surface area contributed by atoms with E-state index < -0.39 is 0 Å². The van der Waals surface area contributed by atoms with Crippen LogP contribution in [0.1, 0.15) is 25.5 Å². The predicted molar refractivity (Wildman–Crippen MR) is 60.7 cm³/mol. The quantitative estimate of drug-likeness (QED) is 0.816. The molecule has 3 heteroatoms. The van der Waals surface area contributed by atoms with Crippen LogP contribution in [0.2, 0.25) is 0 Å². The molecule has 0 radical (unpaired) electrons. The third-order valence-electron chi connectivity index (χ3n) is 3.28. The molecular formula is C12H18N2O. The number of rotatable bonds is 4. The first-order valence-corrected chi connectivity index (χ1v) is 5.51. The van der Waals surface area contributed by atoms with Crippen molar-refractivity contribution in [2.45, 2.75) is 32.4 Å². The maximum absolute atomic E-state index is 9.02. The van der Waals surface area contributed by atoms with E-state index in [0.717, 1.165) is 17.3 Å². The van der Waals surface area contributed by atoms with Crippen LogP contribution in [0.3, 0.4) is 0 Å². The van der Waals surface area contributed by atoms with Crippen molar-refractivity contribution < 1.29 is 5.11 Å². The summed E-state index contributed by atoms with van der Waals surface area (Å²) in [6.45, 7) is 2.27. The molecule has 1 aliphatic rings. The van der Waals surface area contributed by atoms with E-state index in [2.05, 4.69) is 23.9 Å². The summed E-state index contributed by atoms with van der Waals surface area (Å²) in [6, 6.07) is 4.54. The van der Waals surface area contributed by atoms with Gasteiger partial charge in [-0.3, -0.25) is 4.98 Å². The summed E-state index contributed by atoms with van der Waals surface area (Å²) in [6.07, 6.45) is 4.46. The number of nitrogens with zero attached hydrogens (tertiary/aromatic N) is 2. The second-order valence-electron chi connectivity index (χ2n) is 4.35. The highest BCUT2D eigenvalue weighted by molar-refractivity contribution is 5.46. The maximum atomic E-state index is 9.02. The van der Waals surface area contributed by atoms with E-state index in [1.165, 1.54) is 12.8 Å². The lowest BCUT2D eigenvalue weighted by Crippen LogP contribution is -2.30. The summed E-state index contributed by atoms with van der Waals surface area (Å²) in [5.41, 5.74) is 1.88. The van der Waals surface area contributed by atoms with E-state index in [1.54, 1.807) is 6.20 Å². The molecule has 1 aromatic heterocycles. The van der Waals surface area contributed by atoms with Gasteiger partial charge >= 0.3 is 0 Å². The lowest BCUT2D eigenvalue weighted by molar-refractivity contribution is 0.277. The van der Waals surface area contributed by atoms with Gasteiger partial charge in [-0.05, 0) is 37.8 Å². The summed E-state index contributed by atoms with van der Waals surface area (Å²) < 4.78 is 0. The number of anilines is 1. The molecule has 82 valence electrons. The van der Waals surface area contributed by atoms with Crippen molar-refractivity contribution in [3.63, 3.8) is 0 Å². The summed E-state index contributed by atoms with van der Waals surface area (Å²) >= 11 is 0. The molecule has 1 atom stereocenters. The first-order chi connectivity index (χ1) is 7.22. The standard InChI is InChI=1S/C12H18N2O/c1-9(10-3-4-10)14(2)12-5-6-13-11(7-12)8-15/h5-7,9-10,15H,3-4,8H2,1-2H3. The Kier molecular flexibility index (Phi) is 2.91. The zero-order valence-electron chi connectivity index (χ0n) is 9.35. The minimum absolute atomic E-state index is 0.0134. The van der Waals surface area contributed by atoms with E-state index in [4.69, 9.17) is 5.11 Å². The average Bonchev–Trinajstić information content (AvgIpc) is 3.11. The lowest BCUT2D eigenvalue weighted by Gasteiger charge is -2.27. The molecule has 0 bridgehead atoms. The summed E-state index contributed by atoms with van der Waals surface area (Å²) in [5, 5.41) is 9.02. The van der Waals surface area contributed by atoms with Crippen LogP contribution < -0.4 is 4.90 Å². The highest BCUT2D eigenvalue weighted by atomic mass is 16.3. The van der Waals surface area contributed by atoms with Crippen LogP contribution in [0.15, 0.2) is 18.3 Å². The normalized spacial score (nSPS) is 17.5. The Hall–Kier alpha value is -1.09. The molecule has 3 nitrogen and oxygen atoms in total. The summed E-state index contributed by atoms with van der Waals surface area (Å²) in [4.78, 5) is 6.36. The van der Waals surface area contributed by atoms with Crippen molar-refractivity contribution in [3.8, 4) is 0 Å². The molecule has 0 spiro atoms. The fourth-order valence-electron chi connectivity index (χ4n) is 1.90. The third-order valence-corrected chi connectivity index (χ3v) is 3.28. The molecular weight excluding hydrogens is 188 g/mol. The van der Waals surface area contributed by atoms with E-state index in [0.29, 0.717) is 6.04 Å². The fourth-order valence-corrected chi connectivity index (χ4v) is 1.90. The smallest absolute Gasteiger partial charge is 0.0853 e. The van der Waals surface area contributed by atoms with Crippen molar-refractivity contribution in [2.24, 2.45) is 5.92 Å². The van der Waals surface area contributed by atoms with Gasteiger partial charge in [0.05, 0.1) is 12.3 Å². The number of hydrogen-bond acceptors (Lipinski definition) is 3. The molecule has 1 unspecified atom stereocenters. The van der Waals surface area contributed by atoms with Gasteiger partial charge in [-0.2, -0.15) is 0 Å². The number of aromatic nitrogens is 1. The largest absolute Gasteiger partial charge is 0.390 e. The minimum atomic E-state index is 0.0134. The Morgan fingerprint density at radius 2 is 2.33 bits per heavy atom. The predicted octanol–water partition coefficient (Wildman–Crippen LogP) is 1.81. The van der Waals surface area contributed by atoms with Gasteiger partial charge in [0.15, 0.2) is 0 Å². The van der Waals surface area contributed by atoms with E-state index >= 15 is 0 Å². The Morgan fingerprint density at radius 3 is 2.93 bits per heavy atom. The Labute approximate surface area is 90.8 Å². The first-order valence-electron chi connectivity index (χ1n) is 5.51. The molecule has 1 saturated carbocycles. The van der Waals surface area contributed by atoms with Gasteiger partial charge in [-0.1, -0.05) is 0 Å². The SMILES string of the molecule is CC(C1CC1)N(C)c1ccnc(CO)c1. The molecule has 1 aromatic rings. The van der Waals surface area contributed by atoms with E-state index in [-0.39, 0.29) is 6.61 Å². The van der Waals surface area contributed by atoms with Gasteiger partial charge in [0.1, 0.15) is 0 Å². The monoisotopic (exact) mass is 206 g/mol. The Bertz CT molecular complexity index is 336. The molecule has 1 heterocycles. The van der Waals surface area contributed by atoms with Crippen molar-refractivity contribution >= 4 is 5.69 Å². The molecule has 1 N–H and O–H groups in total. The lowest BCUT2D eigenvalue weighted by atomic mass is 10.1. The van der Waals surface area contributed by atoms with Crippen molar-refractivity contribution in [1.82, 2.24) is 4.98 Å². The molecule has 1 aliphatic carbocycles. The molecule has 15 heavy (non-hydrogen) atoms. The highest BCUT2D eigenvalue weighted by Gasteiger charge is 2.30. The van der Waals surface area contributed by atoms with E-state index in [9.17, 15) is 0 Å². The van der Waals surface area contributed by atoms with Crippen LogP contribution >= 0.6 is 0 Å². The highest BCUT2D eigenvalue weighted by Crippen LogP contribution is 2.36. The summed E-state index contributed by atoms with van der Waals surface area (Å²) in [5.74, 6) is 0.848. The van der Waals surface area contributed by atoms with Crippen LogP contribution in [-0.2, 0) is 6.61 Å². The van der Waals surface area contributed by atoms with Crippen LogP contribution in [0.25, 0.3) is 0 Å². The van der Waals surface area contributed by atoms with Gasteiger partial charge < -0.3 is 10.0 Å². The number of hydrogen-bond donors (Lipinski definition) is 1. The molecule has 0 saturated heterocycles. The number of aliphatic hydroxyl groups is 1. The topological polar surface area (TPSA) is 36.4 Å². The molecule has 1 fully saturated rings. The Morgan fingerprint density at radius 1 is 1.60 bits per heavy atom. The van der Waals surface area contributed by atoms with Gasteiger partial charge in [-0.25, -0.2) is 0 Å². The molecule has 0 amide bonds. The van der Waals surface area contributed by atoms with E-state index in [1.807, 2.05) is 12.1 Å². The molecule has 2 rings (SSSR count). The molecule has 0 aliphatic heterocycles. The van der Waals surface area contributed by atoms with Crippen LogP contribution in [0.5, 0.6) is 0 Å². The van der Waals surface area contributed by atoms with Gasteiger partial charge in [-0.15, -0.1) is 0 Å². The van der Waals surface area contributed by atoms with Crippen molar-refractivity contribution in [1.29, 1.82) is 0 Å². The summed E-state index contributed by atoms with van der Waals surface area (Å²) in [7, 11) is 2.11. The van der Waals surface area contributed by atoms with Gasteiger partial charge in [0, 0.05) is 25.0 Å². The minimum Gasteiger partial charge on any atom is -0.390 e. The molecule has 0 aromatic carbocycles. The third kappa shape index (κ3) is 2.29. The van der Waals surface area contributed by atoms with Crippen molar-refractivity contribution in [3.05, 3.63) is 24.0 Å². The maximum Gasteiger partial charge on any atom is 0.0853 e. The van der Waals surface area contributed by atoms with Crippen LogP contribution in [-0.4, -0.2) is 23.2 Å². The average molecular weight is 206 g/mol. The first kappa shape index (κ1) is 10.4. The van der Waals surface area contributed by atoms with Gasteiger partial charge in [0.2, 0.25) is 0 Å². The van der Waals surface area contributed by atoms with Crippen molar-refractivity contribution in [2.75, 3.05) is 11.9 Å². The fraction of sp³-hybridized carbons (Fsp3) is 0.583. The van der Waals surface area contributed by atoms with Crippen LogP contribution in [0, 0.1) is 5.92 Å². The second kappa shape index (κ2) is 4.19. The van der Waals surface area contributed by atoms with Crippen LogP contribution in [0.4, 0.5) is 5.69 Å². The van der Waals surface area contributed by atoms with Gasteiger partial charge in [0.25, 0.3) is 0 Å². The zero-order chi connectivity index (χ0) is 10.8. The Balaban J connectivity index is 2.12. The number of aliphatic hydroxyl groups excluding tert-OH is 1.